The fourth-order valence-corrected chi connectivity index (χ4v) is 5.41. The quantitative estimate of drug-likeness (QED) is 0.431. The fourth-order valence-electron chi connectivity index (χ4n) is 3.50. The minimum absolute atomic E-state index is 0. The molecule has 0 saturated heterocycles. The Hall–Kier alpha value is -0.206. The smallest absolute Gasteiger partial charge is 0.147 e. The second-order valence-electron chi connectivity index (χ2n) is 8.15. The Kier molecular flexibility index (Phi) is 9.75. The third-order valence-corrected chi connectivity index (χ3v) is 8.00. The molecule has 1 aromatic rings. The maximum Gasteiger partial charge on any atom is -0.147 e. The zero-order valence-corrected chi connectivity index (χ0v) is 20.8. The van der Waals surface area contributed by atoms with Gasteiger partial charge < -0.3 is 0 Å². The standard InChI is InChI=1S/C12H18O.C10H15.2ClH.Ti/c1-8(2)10-6-5-7-11(9(3)4)12(10)13;1-7-6-10(4,5)9(3)8(7)2;;;/h5-9,13H,1-4H3;1-5H3;2*1H;/q;;;;+1/p-1. The molecule has 0 aromatic heterocycles. The predicted octanol–water partition coefficient (Wildman–Crippen LogP) is 7.80. The van der Waals surface area contributed by atoms with E-state index in [9.17, 15) is 0 Å². The average Bonchev–Trinajstić information content (AvgIpc) is 2.65. The Morgan fingerprint density at radius 2 is 1.31 bits per heavy atom. The summed E-state index contributed by atoms with van der Waals surface area (Å²) >= 11 is -0.647. The largest absolute Gasteiger partial charge is 0.147 e. The van der Waals surface area contributed by atoms with E-state index in [-0.39, 0.29) is 30.2 Å². The molecule has 0 atom stereocenters. The summed E-state index contributed by atoms with van der Waals surface area (Å²) < 4.78 is 8.16. The van der Waals surface area contributed by atoms with Crippen LogP contribution in [-0.4, -0.2) is 0 Å². The van der Waals surface area contributed by atoms with Crippen molar-refractivity contribution in [1.29, 1.82) is 0 Å². The number of hydrogen-bond acceptors (Lipinski definition) is 1. The molecule has 0 saturated carbocycles. The van der Waals surface area contributed by atoms with E-state index in [1.807, 2.05) is 0 Å². The van der Waals surface area contributed by atoms with Gasteiger partial charge in [0.2, 0.25) is 0 Å². The molecule has 0 N–H and O–H groups in total. The fraction of sp³-hybridized carbons (Fsp3) is 0.545. The van der Waals surface area contributed by atoms with E-state index >= 15 is 0 Å². The van der Waals surface area contributed by atoms with Crippen molar-refractivity contribution in [3.05, 3.63) is 49.9 Å². The summed E-state index contributed by atoms with van der Waals surface area (Å²) in [5.74, 6) is 2.12. The van der Waals surface area contributed by atoms with E-state index in [2.05, 4.69) is 80.5 Å². The maximum absolute atomic E-state index is 6.62. The number of halogens is 2. The molecule has 0 fully saturated rings. The topological polar surface area (TPSA) is 9.23 Å². The molecule has 0 heterocycles. The molecule has 146 valence electrons. The summed E-state index contributed by atoms with van der Waals surface area (Å²) in [5.41, 5.74) is 7.28. The Bertz CT molecular complexity index is 674. The van der Waals surface area contributed by atoms with Crippen molar-refractivity contribution in [3.63, 3.8) is 0 Å². The van der Waals surface area contributed by atoms with Crippen molar-refractivity contribution < 1.29 is 22.9 Å². The second-order valence-corrected chi connectivity index (χ2v) is 9.57. The number of hydrogen-bond donors (Lipinski definition) is 0. The summed E-state index contributed by atoms with van der Waals surface area (Å²) in [6.45, 7) is 20.5. The van der Waals surface area contributed by atoms with Crippen LogP contribution < -0.4 is 3.32 Å². The van der Waals surface area contributed by atoms with Gasteiger partial charge in [0.1, 0.15) is 0 Å². The van der Waals surface area contributed by atoms with Gasteiger partial charge in [0.05, 0.1) is 0 Å². The average molecular weight is 433 g/mol. The monoisotopic (exact) mass is 432 g/mol. The van der Waals surface area contributed by atoms with E-state index in [1.165, 1.54) is 27.8 Å². The van der Waals surface area contributed by atoms with Gasteiger partial charge in [0.15, 0.2) is 0 Å². The predicted molar refractivity (Wildman–Crippen MR) is 115 cm³/mol. The van der Waals surface area contributed by atoms with Crippen LogP contribution in [0.15, 0.2) is 38.8 Å². The van der Waals surface area contributed by atoms with Crippen LogP contribution in [0.4, 0.5) is 0 Å². The van der Waals surface area contributed by atoms with Crippen molar-refractivity contribution in [3.8, 4) is 5.75 Å². The number of allylic oxidation sites excluding steroid dienone is 4. The zero-order chi connectivity index (χ0) is 18.2. The van der Waals surface area contributed by atoms with Crippen molar-refractivity contribution in [2.75, 3.05) is 0 Å². The van der Waals surface area contributed by atoms with Crippen LogP contribution in [0.5, 0.6) is 5.75 Å². The molecule has 0 amide bonds. The molecule has 1 nitrogen and oxygen atoms in total. The molecule has 1 aromatic carbocycles. The summed E-state index contributed by atoms with van der Waals surface area (Å²) in [6.07, 6.45) is 0. The number of rotatable bonds is 5. The van der Waals surface area contributed by atoms with E-state index < -0.39 is 19.5 Å². The Morgan fingerprint density at radius 1 is 0.846 bits per heavy atom. The first-order valence-electron chi connectivity index (χ1n) is 9.04. The first-order valence-corrected chi connectivity index (χ1v) is 10.5. The van der Waals surface area contributed by atoms with Crippen LogP contribution in [0.3, 0.4) is 0 Å². The Balaban J connectivity index is 0.00000312. The molecule has 1 aliphatic rings. The minimum atomic E-state index is -0.647. The molecular formula is C22H34Cl2OTi. The summed E-state index contributed by atoms with van der Waals surface area (Å²) in [7, 11) is 0. The zero-order valence-electron chi connectivity index (χ0n) is 17.6. The minimum Gasteiger partial charge on any atom is -0.147 e. The molecule has 0 radical (unpaired) electrons. The molecular weight excluding hydrogens is 399 g/mol. The van der Waals surface area contributed by atoms with E-state index in [0.717, 1.165) is 5.75 Å². The maximum atomic E-state index is 6.62. The molecule has 0 bridgehead atoms. The summed E-state index contributed by atoms with van der Waals surface area (Å²) in [6, 6.07) is 6.64. The molecule has 4 heteroatoms. The van der Waals surface area contributed by atoms with Crippen molar-refractivity contribution in [2.45, 2.75) is 74.1 Å². The van der Waals surface area contributed by atoms with Gasteiger partial charge in [-0.25, -0.2) is 0 Å². The normalized spacial score (nSPS) is 16.0. The first kappa shape index (κ1) is 25.8. The van der Waals surface area contributed by atoms with Crippen LogP contribution in [-0.2, 0) is 19.5 Å². The third kappa shape index (κ3) is 4.79. The number of benzene rings is 1. The Morgan fingerprint density at radius 3 is 1.65 bits per heavy atom. The van der Waals surface area contributed by atoms with Gasteiger partial charge in [0.25, 0.3) is 0 Å². The molecule has 2 rings (SSSR count). The number of para-hydroxylation sites is 1. The SMILES string of the molecule is CC1=C(C)C(C)(C)[C]([Ti][O]c2c(C(C)C)cccc2C(C)C)=C1C.Cl.Cl. The van der Waals surface area contributed by atoms with Crippen molar-refractivity contribution >= 4 is 24.8 Å². The Labute approximate surface area is 182 Å². The van der Waals surface area contributed by atoms with Crippen LogP contribution in [0, 0.1) is 5.41 Å². The van der Waals surface area contributed by atoms with Crippen LogP contribution >= 0.6 is 24.8 Å². The molecule has 1 aliphatic carbocycles. The van der Waals surface area contributed by atoms with Gasteiger partial charge in [-0.05, 0) is 0 Å². The van der Waals surface area contributed by atoms with Crippen LogP contribution in [0.1, 0.15) is 85.3 Å². The van der Waals surface area contributed by atoms with Gasteiger partial charge in [-0.15, -0.1) is 24.8 Å². The molecule has 0 spiro atoms. The summed E-state index contributed by atoms with van der Waals surface area (Å²) in [5, 5.41) is 0. The van der Waals surface area contributed by atoms with Gasteiger partial charge >= 0.3 is 158 Å². The molecule has 0 aliphatic heterocycles. The van der Waals surface area contributed by atoms with Gasteiger partial charge in [-0.1, -0.05) is 0 Å². The summed E-state index contributed by atoms with van der Waals surface area (Å²) in [4.78, 5) is 0. The first-order chi connectivity index (χ1) is 11.1. The van der Waals surface area contributed by atoms with Crippen molar-refractivity contribution in [1.82, 2.24) is 0 Å². The van der Waals surface area contributed by atoms with Gasteiger partial charge in [-0.2, -0.15) is 0 Å². The third-order valence-electron chi connectivity index (χ3n) is 5.64. The van der Waals surface area contributed by atoms with Crippen molar-refractivity contribution in [2.24, 2.45) is 5.41 Å². The second kappa shape index (κ2) is 9.83. The van der Waals surface area contributed by atoms with Crippen LogP contribution in [0.25, 0.3) is 0 Å². The molecule has 0 unspecified atom stereocenters. The van der Waals surface area contributed by atoms with Gasteiger partial charge in [0, 0.05) is 0 Å². The van der Waals surface area contributed by atoms with E-state index in [0.29, 0.717) is 11.8 Å². The van der Waals surface area contributed by atoms with E-state index in [1.54, 1.807) is 3.88 Å². The van der Waals surface area contributed by atoms with E-state index in [4.69, 9.17) is 3.32 Å². The molecule has 26 heavy (non-hydrogen) atoms. The van der Waals surface area contributed by atoms with Gasteiger partial charge in [-0.3, -0.25) is 0 Å². The van der Waals surface area contributed by atoms with Crippen LogP contribution in [0.2, 0.25) is 0 Å².